The van der Waals surface area contributed by atoms with E-state index in [0.717, 1.165) is 37.4 Å². The summed E-state index contributed by atoms with van der Waals surface area (Å²) in [6, 6.07) is 13.7. The van der Waals surface area contributed by atoms with Crippen molar-refractivity contribution in [2.45, 2.75) is 12.8 Å². The standard InChI is InChI=1S/2C10H14N2O.3C3H7NO.ClHO4.HNO2.2Ni/c2*11-6-3-7-12-8-9-4-1-2-5-10(9)13;3*1-4(2)3-5;2-1(3,4)5;2-1-3;;/h2*1-2,4-5,8,13H,3,6-7,11H2;3*3H,1-2H3;(H,2,3,4,5);(H,2,3);;/q;;;;;;;2*+3/p-4. The predicted octanol–water partition coefficient (Wildman–Crippen LogP) is -4.34. The molecule has 2 aromatic carbocycles. The number of nitrogens with two attached hydrogens (primary N) is 2. The second-order valence-electron chi connectivity index (χ2n) is 9.09. The van der Waals surface area contributed by atoms with Gasteiger partial charge < -0.3 is 46.5 Å². The molecule has 2 aromatic rings. The molecule has 51 heavy (non-hydrogen) atoms. The Bertz CT molecular complexity index is 1040. The summed E-state index contributed by atoms with van der Waals surface area (Å²) in [6.45, 7) is 2.64. The average Bonchev–Trinajstić information content (AvgIpc) is 3.04. The van der Waals surface area contributed by atoms with Gasteiger partial charge in [0.25, 0.3) is 0 Å². The van der Waals surface area contributed by atoms with Crippen LogP contribution in [0, 0.1) is 20.4 Å². The molecule has 0 aliphatic heterocycles. The Kier molecular flexibility index (Phi) is 56.5. The molecule has 3 amide bonds. The van der Waals surface area contributed by atoms with E-state index in [1.807, 2.05) is 12.1 Å². The molecule has 0 saturated carbocycles. The largest absolute Gasteiger partial charge is 3.00 e. The second-order valence-corrected chi connectivity index (χ2v) is 9.85. The van der Waals surface area contributed by atoms with Gasteiger partial charge in [-0.3, -0.25) is 24.4 Å². The van der Waals surface area contributed by atoms with E-state index in [9.17, 15) is 24.6 Å². The average molecular weight is 837 g/mol. The zero-order valence-corrected chi connectivity index (χ0v) is 31.8. The van der Waals surface area contributed by atoms with Crippen molar-refractivity contribution in [3.63, 3.8) is 0 Å². The van der Waals surface area contributed by atoms with E-state index in [4.69, 9.17) is 40.2 Å². The van der Waals surface area contributed by atoms with E-state index in [0.29, 0.717) is 37.3 Å². The molecule has 2 radical (unpaired) electrons. The van der Waals surface area contributed by atoms with Gasteiger partial charge in [-0.1, -0.05) is 48.5 Å². The smallest absolute Gasteiger partial charge is 0.872 e. The van der Waals surface area contributed by atoms with Crippen molar-refractivity contribution in [3.05, 3.63) is 69.8 Å². The van der Waals surface area contributed by atoms with E-state index in [1.54, 1.807) is 79.0 Å². The SMILES string of the molecule is CN(C)C=O.CN(C)C=O.CN(C)C=O.NCCCN=Cc1ccccc1[O-].NCCCN=Cc1ccccc1[O-].O=N[O-].[Ni+3].[Ni+3].[O-][Cl+3]([O-])([O-])[O-]. The molecule has 0 atom stereocenters. The van der Waals surface area contributed by atoms with Crippen LogP contribution in [0.15, 0.2) is 63.9 Å². The molecule has 0 bridgehead atoms. The van der Waals surface area contributed by atoms with Gasteiger partial charge in [-0.05, 0) is 37.1 Å². The van der Waals surface area contributed by atoms with E-state index in [1.165, 1.54) is 26.8 Å². The fourth-order valence-electron chi connectivity index (χ4n) is 1.87. The third-order valence-electron chi connectivity index (χ3n) is 3.91. The van der Waals surface area contributed by atoms with Gasteiger partial charge in [0.2, 0.25) is 19.2 Å². The first-order valence-electron chi connectivity index (χ1n) is 13.8. The topological polar surface area (TPSA) is 329 Å². The van der Waals surface area contributed by atoms with E-state index < -0.39 is 10.2 Å². The minimum atomic E-state index is -4.94. The number of hydrogen-bond donors (Lipinski definition) is 2. The summed E-state index contributed by atoms with van der Waals surface area (Å²) in [6.07, 6.45) is 7.19. The van der Waals surface area contributed by atoms with Crippen LogP contribution in [0.3, 0.4) is 0 Å². The summed E-state index contributed by atoms with van der Waals surface area (Å²) in [5.74, 6) is 0.0259. The Morgan fingerprint density at radius 2 is 0.843 bits per heavy atom. The maximum absolute atomic E-state index is 11.2. The van der Waals surface area contributed by atoms with Crippen molar-refractivity contribution in [1.82, 2.24) is 14.7 Å². The zero-order valence-electron chi connectivity index (χ0n) is 29.1. The Hall–Kier alpha value is -3.77. The van der Waals surface area contributed by atoms with Gasteiger partial charge in [0.15, 0.2) is 0 Å². The molecule has 0 aliphatic rings. The number of rotatable bonds is 11. The number of para-hydroxylation sites is 2. The van der Waals surface area contributed by atoms with E-state index in [2.05, 4.69) is 9.98 Å². The van der Waals surface area contributed by atoms with Gasteiger partial charge in [-0.2, -0.15) is 0 Å². The van der Waals surface area contributed by atoms with Crippen LogP contribution >= 0.6 is 0 Å². The third-order valence-corrected chi connectivity index (χ3v) is 3.91. The number of carbonyl (C=O) groups is 3. The molecule has 0 aromatic heterocycles. The Morgan fingerprint density at radius 3 is 1.02 bits per heavy atom. The summed E-state index contributed by atoms with van der Waals surface area (Å²) in [5.41, 5.74) is 11.9. The molecule has 19 nitrogen and oxygen atoms in total. The van der Waals surface area contributed by atoms with Crippen molar-refractivity contribution in [2.24, 2.45) is 26.8 Å². The van der Waals surface area contributed by atoms with Gasteiger partial charge >= 0.3 is 33.0 Å². The summed E-state index contributed by atoms with van der Waals surface area (Å²) < 4.78 is 34.0. The summed E-state index contributed by atoms with van der Waals surface area (Å²) in [4.78, 5) is 48.8. The molecule has 294 valence electrons. The molecule has 0 heterocycles. The van der Waals surface area contributed by atoms with Crippen LogP contribution in [-0.4, -0.2) is 115 Å². The molecule has 0 fully saturated rings. The van der Waals surface area contributed by atoms with Gasteiger partial charge in [0.05, 0.1) is 0 Å². The van der Waals surface area contributed by atoms with Crippen molar-refractivity contribution in [2.75, 3.05) is 68.5 Å². The molecular weight excluding hydrogens is 789 g/mol. The third kappa shape index (κ3) is 68.9. The number of hydrogen-bond acceptors (Lipinski definition) is 16. The maximum atomic E-state index is 11.2. The van der Waals surface area contributed by atoms with Crippen LogP contribution in [0.1, 0.15) is 24.0 Å². The predicted molar refractivity (Wildman–Crippen MR) is 172 cm³/mol. The van der Waals surface area contributed by atoms with Crippen molar-refractivity contribution >= 4 is 31.7 Å². The van der Waals surface area contributed by atoms with Crippen LogP contribution in [0.2, 0.25) is 0 Å². The van der Waals surface area contributed by atoms with Gasteiger partial charge in [-0.15, -0.1) is 27.1 Å². The van der Waals surface area contributed by atoms with Gasteiger partial charge in [-0.25, -0.2) is 18.6 Å². The summed E-state index contributed by atoms with van der Waals surface area (Å²) in [5, 5.41) is 31.3. The fourth-order valence-corrected chi connectivity index (χ4v) is 1.87. The zero-order chi connectivity index (χ0) is 39.1. The van der Waals surface area contributed by atoms with Crippen LogP contribution in [-0.2, 0) is 47.4 Å². The minimum absolute atomic E-state index is 0. The number of halogens is 1. The Morgan fingerprint density at radius 1 is 0.627 bits per heavy atom. The van der Waals surface area contributed by atoms with Crippen molar-refractivity contribution in [3.8, 4) is 11.5 Å². The van der Waals surface area contributed by atoms with Crippen LogP contribution in [0.25, 0.3) is 0 Å². The number of nitrogens with zero attached hydrogens (tertiary/aromatic N) is 6. The molecule has 2 rings (SSSR count). The normalized spacial score (nSPS) is 8.94. The number of aliphatic imine (C=N–C) groups is 2. The monoisotopic (exact) mass is 834 g/mol. The Labute approximate surface area is 321 Å². The molecule has 0 spiro atoms. The summed E-state index contributed by atoms with van der Waals surface area (Å²) >= 11 is 0. The fraction of sp³-hybridized carbons (Fsp3) is 0.414. The molecule has 0 unspecified atom stereocenters. The molecule has 0 saturated heterocycles. The molecule has 0 aliphatic carbocycles. The molecule has 22 heteroatoms. The van der Waals surface area contributed by atoms with Gasteiger partial charge in [0.1, 0.15) is 0 Å². The van der Waals surface area contributed by atoms with Crippen LogP contribution in [0.5, 0.6) is 11.5 Å². The van der Waals surface area contributed by atoms with E-state index in [-0.39, 0.29) is 44.5 Å². The number of carbonyl (C=O) groups excluding carboxylic acids is 3. The summed E-state index contributed by atoms with van der Waals surface area (Å²) in [7, 11) is 5.18. The molecular formula is C29H47ClN8Ni2O11+2. The first-order chi connectivity index (χ1) is 22.9. The first kappa shape index (κ1) is 62.4. The quantitative estimate of drug-likeness (QED) is 0.0541. The Balaban J connectivity index is -0.0000000945. The van der Waals surface area contributed by atoms with Crippen molar-refractivity contribution in [1.29, 1.82) is 0 Å². The second kappa shape index (κ2) is 46.2. The van der Waals surface area contributed by atoms with Crippen molar-refractivity contribution < 1.29 is 86.5 Å². The minimum Gasteiger partial charge on any atom is -0.872 e. The first-order valence-corrected chi connectivity index (χ1v) is 15.0. The number of amides is 3. The van der Waals surface area contributed by atoms with E-state index >= 15 is 0 Å². The molecule has 4 N–H and O–H groups in total. The number of benzene rings is 2. The van der Waals surface area contributed by atoms with Crippen LogP contribution in [0.4, 0.5) is 0 Å². The maximum Gasteiger partial charge on any atom is 3.00 e. The van der Waals surface area contributed by atoms with Gasteiger partial charge in [0, 0.05) is 67.8 Å². The van der Waals surface area contributed by atoms with Crippen LogP contribution < -0.4 is 40.3 Å².